The SMILES string of the molecule is CCc1ccc(C(=O)N2CCN(c3nc4ccccc4n(C)c3=O)CC2)cc1. The topological polar surface area (TPSA) is 58.4 Å². The van der Waals surface area contributed by atoms with Crippen LogP contribution in [0.2, 0.25) is 0 Å². The van der Waals surface area contributed by atoms with Gasteiger partial charge in [0.2, 0.25) is 0 Å². The summed E-state index contributed by atoms with van der Waals surface area (Å²) in [4.78, 5) is 34.0. The predicted octanol–water partition coefficient (Wildman–Crippen LogP) is 2.46. The van der Waals surface area contributed by atoms with Crippen molar-refractivity contribution in [2.45, 2.75) is 13.3 Å². The lowest BCUT2D eigenvalue weighted by Gasteiger charge is -2.35. The lowest BCUT2D eigenvalue weighted by Crippen LogP contribution is -2.50. The average Bonchev–Trinajstić information content (AvgIpc) is 2.76. The first-order chi connectivity index (χ1) is 13.6. The first-order valence-corrected chi connectivity index (χ1v) is 9.67. The zero-order valence-electron chi connectivity index (χ0n) is 16.3. The molecule has 4 rings (SSSR count). The second-order valence-electron chi connectivity index (χ2n) is 7.12. The number of benzene rings is 2. The Morgan fingerprint density at radius 3 is 2.36 bits per heavy atom. The molecule has 0 aliphatic carbocycles. The van der Waals surface area contributed by atoms with E-state index in [4.69, 9.17) is 0 Å². The highest BCUT2D eigenvalue weighted by molar-refractivity contribution is 5.94. The van der Waals surface area contributed by atoms with Gasteiger partial charge in [-0.15, -0.1) is 0 Å². The van der Waals surface area contributed by atoms with Crippen LogP contribution < -0.4 is 10.5 Å². The van der Waals surface area contributed by atoms with Crippen LogP contribution in [-0.2, 0) is 13.5 Å². The number of hydrogen-bond donors (Lipinski definition) is 0. The molecule has 1 aliphatic heterocycles. The Balaban J connectivity index is 1.51. The Hall–Kier alpha value is -3.15. The molecular formula is C22H24N4O2. The maximum Gasteiger partial charge on any atom is 0.293 e. The van der Waals surface area contributed by atoms with Crippen LogP contribution >= 0.6 is 0 Å². The molecule has 0 unspecified atom stereocenters. The van der Waals surface area contributed by atoms with E-state index in [1.54, 1.807) is 11.6 Å². The fourth-order valence-corrected chi connectivity index (χ4v) is 3.66. The summed E-state index contributed by atoms with van der Waals surface area (Å²) >= 11 is 0. The number of aromatic nitrogens is 2. The number of aryl methyl sites for hydroxylation is 2. The standard InChI is InChI=1S/C22H24N4O2/c1-3-16-8-10-17(11-9-16)21(27)26-14-12-25(13-15-26)20-22(28)24(2)19-7-5-4-6-18(19)23-20/h4-11H,3,12-15H2,1-2H3. The van der Waals surface area contributed by atoms with Gasteiger partial charge in [0.05, 0.1) is 11.0 Å². The predicted molar refractivity (Wildman–Crippen MR) is 111 cm³/mol. The van der Waals surface area contributed by atoms with Crippen LogP contribution in [0.5, 0.6) is 0 Å². The fraction of sp³-hybridized carbons (Fsp3) is 0.318. The van der Waals surface area contributed by atoms with E-state index in [0.717, 1.165) is 17.5 Å². The van der Waals surface area contributed by atoms with Gasteiger partial charge in [-0.05, 0) is 36.2 Å². The van der Waals surface area contributed by atoms with E-state index < -0.39 is 0 Å². The molecule has 0 atom stereocenters. The van der Waals surface area contributed by atoms with Crippen molar-refractivity contribution in [2.75, 3.05) is 31.1 Å². The maximum absolute atomic E-state index is 12.8. The van der Waals surface area contributed by atoms with Crippen LogP contribution in [0.25, 0.3) is 11.0 Å². The van der Waals surface area contributed by atoms with Gasteiger partial charge in [-0.2, -0.15) is 0 Å². The van der Waals surface area contributed by atoms with Crippen molar-refractivity contribution in [3.05, 3.63) is 70.0 Å². The van der Waals surface area contributed by atoms with E-state index in [1.807, 2.05) is 58.3 Å². The molecule has 1 amide bonds. The van der Waals surface area contributed by atoms with Gasteiger partial charge in [-0.25, -0.2) is 4.98 Å². The minimum Gasteiger partial charge on any atom is -0.348 e. The van der Waals surface area contributed by atoms with Crippen LogP contribution in [0.1, 0.15) is 22.8 Å². The number of piperazine rings is 1. The lowest BCUT2D eigenvalue weighted by molar-refractivity contribution is 0.0746. The Kier molecular flexibility index (Phi) is 4.86. The van der Waals surface area contributed by atoms with E-state index in [0.29, 0.717) is 37.6 Å². The van der Waals surface area contributed by atoms with E-state index in [-0.39, 0.29) is 11.5 Å². The number of para-hydroxylation sites is 2. The van der Waals surface area contributed by atoms with E-state index in [2.05, 4.69) is 11.9 Å². The molecule has 1 fully saturated rings. The smallest absolute Gasteiger partial charge is 0.293 e. The molecule has 6 nitrogen and oxygen atoms in total. The third-order valence-corrected chi connectivity index (χ3v) is 5.44. The largest absolute Gasteiger partial charge is 0.348 e. The summed E-state index contributed by atoms with van der Waals surface area (Å²) in [5, 5.41) is 0. The number of anilines is 1. The van der Waals surface area contributed by atoms with Gasteiger partial charge in [-0.1, -0.05) is 31.2 Å². The van der Waals surface area contributed by atoms with Crippen molar-refractivity contribution < 1.29 is 4.79 Å². The number of fused-ring (bicyclic) bond motifs is 1. The van der Waals surface area contributed by atoms with Crippen LogP contribution in [0.3, 0.4) is 0 Å². The van der Waals surface area contributed by atoms with Gasteiger partial charge in [0.25, 0.3) is 11.5 Å². The van der Waals surface area contributed by atoms with Crippen molar-refractivity contribution in [1.82, 2.24) is 14.5 Å². The van der Waals surface area contributed by atoms with E-state index >= 15 is 0 Å². The summed E-state index contributed by atoms with van der Waals surface area (Å²) in [6.45, 7) is 4.44. The van der Waals surface area contributed by atoms with Gasteiger partial charge in [0.15, 0.2) is 5.82 Å². The second-order valence-corrected chi connectivity index (χ2v) is 7.12. The summed E-state index contributed by atoms with van der Waals surface area (Å²) in [7, 11) is 1.77. The molecule has 2 aromatic carbocycles. The molecule has 0 saturated carbocycles. The van der Waals surface area contributed by atoms with Gasteiger partial charge in [0.1, 0.15) is 0 Å². The molecule has 0 bridgehead atoms. The summed E-state index contributed by atoms with van der Waals surface area (Å²) < 4.78 is 1.64. The molecule has 28 heavy (non-hydrogen) atoms. The van der Waals surface area contributed by atoms with Crippen LogP contribution in [0.15, 0.2) is 53.3 Å². The molecule has 0 N–H and O–H groups in total. The van der Waals surface area contributed by atoms with Crippen molar-refractivity contribution in [3.63, 3.8) is 0 Å². The molecule has 6 heteroatoms. The number of hydrogen-bond acceptors (Lipinski definition) is 4. The zero-order chi connectivity index (χ0) is 19.7. The van der Waals surface area contributed by atoms with E-state index in [9.17, 15) is 9.59 Å². The normalized spacial score (nSPS) is 14.5. The van der Waals surface area contributed by atoms with Gasteiger partial charge >= 0.3 is 0 Å². The van der Waals surface area contributed by atoms with Gasteiger partial charge in [-0.3, -0.25) is 9.59 Å². The van der Waals surface area contributed by atoms with Crippen molar-refractivity contribution in [1.29, 1.82) is 0 Å². The van der Waals surface area contributed by atoms with Crippen molar-refractivity contribution >= 4 is 22.8 Å². The monoisotopic (exact) mass is 376 g/mol. The highest BCUT2D eigenvalue weighted by Gasteiger charge is 2.25. The molecule has 144 valence electrons. The first kappa shape index (κ1) is 18.2. The molecule has 1 aliphatic rings. The average molecular weight is 376 g/mol. The molecular weight excluding hydrogens is 352 g/mol. The third-order valence-electron chi connectivity index (χ3n) is 5.44. The Morgan fingerprint density at radius 2 is 1.68 bits per heavy atom. The first-order valence-electron chi connectivity index (χ1n) is 9.67. The maximum atomic E-state index is 12.8. The third kappa shape index (κ3) is 3.26. The highest BCUT2D eigenvalue weighted by Crippen LogP contribution is 2.16. The van der Waals surface area contributed by atoms with E-state index in [1.165, 1.54) is 5.56 Å². The number of nitrogens with zero attached hydrogens (tertiary/aromatic N) is 4. The van der Waals surface area contributed by atoms with Gasteiger partial charge < -0.3 is 14.4 Å². The molecule has 0 spiro atoms. The molecule has 1 saturated heterocycles. The highest BCUT2D eigenvalue weighted by atomic mass is 16.2. The fourth-order valence-electron chi connectivity index (χ4n) is 3.66. The second kappa shape index (κ2) is 7.46. The Morgan fingerprint density at radius 1 is 1.00 bits per heavy atom. The lowest BCUT2D eigenvalue weighted by atomic mass is 10.1. The van der Waals surface area contributed by atoms with Crippen molar-refractivity contribution in [3.8, 4) is 0 Å². The minimum absolute atomic E-state index is 0.0432. The van der Waals surface area contributed by atoms with Crippen LogP contribution in [0, 0.1) is 0 Å². The number of amides is 1. The molecule has 0 radical (unpaired) electrons. The number of carbonyl (C=O) groups is 1. The number of rotatable bonds is 3. The quantitative estimate of drug-likeness (QED) is 0.705. The molecule has 1 aromatic heterocycles. The molecule has 2 heterocycles. The van der Waals surface area contributed by atoms with Crippen LogP contribution in [-0.4, -0.2) is 46.5 Å². The summed E-state index contributed by atoms with van der Waals surface area (Å²) in [6, 6.07) is 15.4. The summed E-state index contributed by atoms with van der Waals surface area (Å²) in [6.07, 6.45) is 0.959. The summed E-state index contributed by atoms with van der Waals surface area (Å²) in [5.74, 6) is 0.502. The van der Waals surface area contributed by atoms with Crippen LogP contribution in [0.4, 0.5) is 5.82 Å². The van der Waals surface area contributed by atoms with Gasteiger partial charge in [0, 0.05) is 38.8 Å². The summed E-state index contributed by atoms with van der Waals surface area (Å²) in [5.41, 5.74) is 3.45. The zero-order valence-corrected chi connectivity index (χ0v) is 16.3. The minimum atomic E-state index is -0.103. The van der Waals surface area contributed by atoms with Crippen molar-refractivity contribution in [2.24, 2.45) is 7.05 Å². The number of carbonyl (C=O) groups excluding carboxylic acids is 1. The molecule has 3 aromatic rings. The Labute approximate surface area is 164 Å². The Bertz CT molecular complexity index is 1060.